The van der Waals surface area contributed by atoms with E-state index in [0.717, 1.165) is 12.8 Å². The Kier molecular flexibility index (Phi) is 6.51. The van der Waals surface area contributed by atoms with Crippen LogP contribution < -0.4 is 0 Å². The Morgan fingerprint density at radius 3 is 1.52 bits per heavy atom. The third-order valence-corrected chi connectivity index (χ3v) is 5.93. The van der Waals surface area contributed by atoms with E-state index in [1.54, 1.807) is 0 Å². The number of hydrogen-bond donors (Lipinski definition) is 0. The van der Waals surface area contributed by atoms with Gasteiger partial charge in [0.2, 0.25) is 0 Å². The third-order valence-electron chi connectivity index (χ3n) is 5.93. The summed E-state index contributed by atoms with van der Waals surface area (Å²) in [4.78, 5) is 0. The minimum Gasteiger partial charge on any atom is -0.0622 e. The molecule has 3 aromatic carbocycles. The van der Waals surface area contributed by atoms with Crippen molar-refractivity contribution in [3.63, 3.8) is 0 Å². The number of benzene rings is 3. The van der Waals surface area contributed by atoms with Crippen LogP contribution in [0.4, 0.5) is 0 Å². The molecule has 0 aliphatic heterocycles. The smallest absolute Gasteiger partial charge is 0.0146 e. The zero-order valence-electron chi connectivity index (χ0n) is 21.1. The van der Waals surface area contributed by atoms with Crippen molar-refractivity contribution < 1.29 is 0 Å². The maximum absolute atomic E-state index is 2.49. The lowest BCUT2D eigenvalue weighted by Crippen LogP contribution is -2.16. The van der Waals surface area contributed by atoms with E-state index in [-0.39, 0.29) is 10.8 Å². The van der Waals surface area contributed by atoms with Gasteiger partial charge in [0.25, 0.3) is 0 Å². The van der Waals surface area contributed by atoms with Gasteiger partial charge in [-0.2, -0.15) is 0 Å². The van der Waals surface area contributed by atoms with Crippen LogP contribution in [0.3, 0.4) is 0 Å². The van der Waals surface area contributed by atoms with Crippen molar-refractivity contribution in [1.82, 2.24) is 0 Å². The molecule has 0 unspecified atom stereocenters. The van der Waals surface area contributed by atoms with Crippen LogP contribution in [0.5, 0.6) is 0 Å². The second kappa shape index (κ2) is 8.65. The molecule has 0 atom stereocenters. The molecule has 3 rings (SSSR count). The van der Waals surface area contributed by atoms with Crippen molar-refractivity contribution in [2.75, 3.05) is 0 Å². The van der Waals surface area contributed by atoms with Gasteiger partial charge in [-0.25, -0.2) is 0 Å². The van der Waals surface area contributed by atoms with Gasteiger partial charge in [-0.1, -0.05) is 90.1 Å². The van der Waals surface area contributed by atoms with Gasteiger partial charge in [0, 0.05) is 0 Å². The van der Waals surface area contributed by atoms with Crippen molar-refractivity contribution in [1.29, 1.82) is 0 Å². The third kappa shape index (κ3) is 5.88. The molecule has 0 saturated heterocycles. The van der Waals surface area contributed by atoms with Crippen LogP contribution in [0, 0.1) is 31.6 Å². The second-order valence-electron chi connectivity index (χ2n) is 11.8. The summed E-state index contributed by atoms with van der Waals surface area (Å²) in [7, 11) is 0. The lowest BCUT2D eigenvalue weighted by Gasteiger charge is -2.26. The van der Waals surface area contributed by atoms with Gasteiger partial charge in [-0.05, 0) is 101 Å². The van der Waals surface area contributed by atoms with Crippen LogP contribution in [0.25, 0.3) is 22.3 Å². The number of aryl methyl sites for hydroxylation is 3. The van der Waals surface area contributed by atoms with Crippen molar-refractivity contribution in [3.8, 4) is 22.3 Å². The summed E-state index contributed by atoms with van der Waals surface area (Å²) in [6.07, 6.45) is 2.21. The number of hydrogen-bond acceptors (Lipinski definition) is 0. The first kappa shape index (κ1) is 23.3. The van der Waals surface area contributed by atoms with E-state index in [2.05, 4.69) is 117 Å². The van der Waals surface area contributed by atoms with E-state index in [0.29, 0.717) is 0 Å². The van der Waals surface area contributed by atoms with Gasteiger partial charge in [0.05, 0.1) is 0 Å². The van der Waals surface area contributed by atoms with E-state index >= 15 is 0 Å². The SMILES string of the molecule is Cc1cc(C)c(-c2cc(CC(C)(C)C)c(CC(C)(C)C)cc2C)cc1-c1ccccc1. The monoisotopic (exact) mass is 412 g/mol. The molecule has 0 saturated carbocycles. The summed E-state index contributed by atoms with van der Waals surface area (Å²) in [6, 6.07) is 20.5. The molecule has 3 aromatic rings. The van der Waals surface area contributed by atoms with Crippen LogP contribution in [0.2, 0.25) is 0 Å². The highest BCUT2D eigenvalue weighted by molar-refractivity contribution is 5.79. The zero-order valence-corrected chi connectivity index (χ0v) is 21.1. The van der Waals surface area contributed by atoms with Crippen LogP contribution in [0.1, 0.15) is 69.4 Å². The first-order valence-electron chi connectivity index (χ1n) is 11.6. The molecule has 0 heterocycles. The molecule has 0 N–H and O–H groups in total. The number of rotatable bonds is 4. The first-order valence-corrected chi connectivity index (χ1v) is 11.6. The lowest BCUT2D eigenvalue weighted by molar-refractivity contribution is 0.392. The maximum atomic E-state index is 2.49. The van der Waals surface area contributed by atoms with Crippen molar-refractivity contribution in [3.05, 3.63) is 82.4 Å². The quantitative estimate of drug-likeness (QED) is 0.401. The predicted octanol–water partition coefficient (Wildman–Crippen LogP) is 9.12. The lowest BCUT2D eigenvalue weighted by atomic mass is 9.79. The standard InChI is InChI=1S/C31H40/c1-21-15-22(2)29(18-27(21)24-13-11-10-12-14-24)28-17-26(20-31(7,8)9)25(16-23(28)3)19-30(4,5)6/h10-18H,19-20H2,1-9H3. The molecular formula is C31H40. The summed E-state index contributed by atoms with van der Waals surface area (Å²) >= 11 is 0. The fraction of sp³-hybridized carbons (Fsp3) is 0.419. The Bertz CT molecular complexity index is 1050. The van der Waals surface area contributed by atoms with Crippen LogP contribution in [0.15, 0.2) is 54.6 Å². The van der Waals surface area contributed by atoms with Gasteiger partial charge >= 0.3 is 0 Å². The largest absolute Gasteiger partial charge is 0.0622 e. The van der Waals surface area contributed by atoms with Gasteiger partial charge in [-0.3, -0.25) is 0 Å². The molecule has 0 nitrogen and oxygen atoms in total. The summed E-state index contributed by atoms with van der Waals surface area (Å²) in [6.45, 7) is 20.8. The molecule has 0 amide bonds. The summed E-state index contributed by atoms with van der Waals surface area (Å²) in [5.74, 6) is 0. The summed E-state index contributed by atoms with van der Waals surface area (Å²) in [5, 5.41) is 0. The molecule has 164 valence electrons. The highest BCUT2D eigenvalue weighted by Gasteiger charge is 2.21. The van der Waals surface area contributed by atoms with Crippen LogP contribution in [-0.4, -0.2) is 0 Å². The second-order valence-corrected chi connectivity index (χ2v) is 11.8. The molecular weight excluding hydrogens is 372 g/mol. The fourth-order valence-corrected chi connectivity index (χ4v) is 4.65. The molecule has 0 bridgehead atoms. The van der Waals surface area contributed by atoms with E-state index in [1.165, 1.54) is 50.1 Å². The molecule has 0 aromatic heterocycles. The normalized spacial score (nSPS) is 12.3. The summed E-state index contributed by atoms with van der Waals surface area (Å²) in [5.41, 5.74) is 13.0. The topological polar surface area (TPSA) is 0 Å². The maximum Gasteiger partial charge on any atom is -0.0146 e. The molecule has 31 heavy (non-hydrogen) atoms. The van der Waals surface area contributed by atoms with Gasteiger partial charge in [0.1, 0.15) is 0 Å². The highest BCUT2D eigenvalue weighted by Crippen LogP contribution is 2.37. The van der Waals surface area contributed by atoms with E-state index in [4.69, 9.17) is 0 Å². The zero-order chi connectivity index (χ0) is 23.0. The molecule has 0 fully saturated rings. The molecule has 0 aliphatic rings. The van der Waals surface area contributed by atoms with Gasteiger partial charge in [-0.15, -0.1) is 0 Å². The minimum absolute atomic E-state index is 0.261. The van der Waals surface area contributed by atoms with E-state index in [9.17, 15) is 0 Å². The molecule has 0 spiro atoms. The van der Waals surface area contributed by atoms with Crippen molar-refractivity contribution in [2.24, 2.45) is 10.8 Å². The molecule has 0 radical (unpaired) electrons. The Morgan fingerprint density at radius 2 is 0.968 bits per heavy atom. The van der Waals surface area contributed by atoms with Crippen LogP contribution in [-0.2, 0) is 12.8 Å². The Balaban J connectivity index is 2.19. The summed E-state index contributed by atoms with van der Waals surface area (Å²) < 4.78 is 0. The molecule has 0 heteroatoms. The van der Waals surface area contributed by atoms with Crippen molar-refractivity contribution >= 4 is 0 Å². The minimum atomic E-state index is 0.261. The highest BCUT2D eigenvalue weighted by atomic mass is 14.3. The van der Waals surface area contributed by atoms with Crippen LogP contribution >= 0.6 is 0 Å². The van der Waals surface area contributed by atoms with E-state index < -0.39 is 0 Å². The molecule has 0 aliphatic carbocycles. The first-order chi connectivity index (χ1) is 14.3. The Labute approximate surface area is 190 Å². The Morgan fingerprint density at radius 1 is 0.516 bits per heavy atom. The van der Waals surface area contributed by atoms with Gasteiger partial charge in [0.15, 0.2) is 0 Å². The van der Waals surface area contributed by atoms with Crippen molar-refractivity contribution in [2.45, 2.75) is 75.2 Å². The average molecular weight is 413 g/mol. The van der Waals surface area contributed by atoms with E-state index in [1.807, 2.05) is 0 Å². The average Bonchev–Trinajstić information content (AvgIpc) is 2.63. The Hall–Kier alpha value is -2.34. The van der Waals surface area contributed by atoms with Gasteiger partial charge < -0.3 is 0 Å². The predicted molar refractivity (Wildman–Crippen MR) is 138 cm³/mol. The fourth-order valence-electron chi connectivity index (χ4n) is 4.65.